The average molecular weight is 263 g/mol. The number of carbonyl (C=O) groups excluding carboxylic acids is 1. The SMILES string of the molecule is NC(=O)CC(O)C(O)c1cnc(-n2ccnc2)nc1. The molecule has 0 saturated heterocycles. The Labute approximate surface area is 108 Å². The van der Waals surface area contributed by atoms with Crippen molar-refractivity contribution in [3.63, 3.8) is 0 Å². The molecule has 2 aromatic heterocycles. The molecule has 100 valence electrons. The highest BCUT2D eigenvalue weighted by atomic mass is 16.3. The van der Waals surface area contributed by atoms with Crippen LogP contribution in [-0.4, -0.2) is 41.7 Å². The van der Waals surface area contributed by atoms with E-state index in [4.69, 9.17) is 5.73 Å². The van der Waals surface area contributed by atoms with Gasteiger partial charge in [-0.05, 0) is 0 Å². The Balaban J connectivity index is 2.12. The van der Waals surface area contributed by atoms with E-state index in [1.54, 1.807) is 17.0 Å². The topological polar surface area (TPSA) is 127 Å². The summed E-state index contributed by atoms with van der Waals surface area (Å²) in [6.07, 6.45) is 4.67. The van der Waals surface area contributed by atoms with Gasteiger partial charge in [0.05, 0.1) is 12.5 Å². The Morgan fingerprint density at radius 3 is 2.58 bits per heavy atom. The third kappa shape index (κ3) is 3.12. The van der Waals surface area contributed by atoms with Gasteiger partial charge in [-0.1, -0.05) is 0 Å². The molecule has 0 aliphatic heterocycles. The van der Waals surface area contributed by atoms with E-state index in [-0.39, 0.29) is 6.42 Å². The largest absolute Gasteiger partial charge is 0.390 e. The lowest BCUT2D eigenvalue weighted by Crippen LogP contribution is -2.25. The van der Waals surface area contributed by atoms with Crippen LogP contribution in [0.15, 0.2) is 31.1 Å². The fourth-order valence-electron chi connectivity index (χ4n) is 1.53. The molecule has 2 aromatic rings. The first-order valence-electron chi connectivity index (χ1n) is 5.52. The molecular formula is C11H13N5O3. The number of nitrogens with zero attached hydrogens (tertiary/aromatic N) is 4. The molecule has 8 heteroatoms. The summed E-state index contributed by atoms with van der Waals surface area (Å²) in [5, 5.41) is 19.4. The van der Waals surface area contributed by atoms with E-state index in [0.717, 1.165) is 0 Å². The third-order valence-corrected chi connectivity index (χ3v) is 2.51. The number of nitrogens with two attached hydrogens (primary N) is 1. The molecule has 2 unspecified atom stereocenters. The highest BCUT2D eigenvalue weighted by molar-refractivity contribution is 5.74. The van der Waals surface area contributed by atoms with Gasteiger partial charge in [0.25, 0.3) is 0 Å². The minimum atomic E-state index is -1.28. The lowest BCUT2D eigenvalue weighted by molar-refractivity contribution is -0.121. The molecule has 0 spiro atoms. The van der Waals surface area contributed by atoms with E-state index in [1.807, 2.05) is 0 Å². The molecule has 0 aromatic carbocycles. The van der Waals surface area contributed by atoms with Gasteiger partial charge in [0.15, 0.2) is 0 Å². The minimum absolute atomic E-state index is 0.303. The van der Waals surface area contributed by atoms with Crippen LogP contribution in [0.4, 0.5) is 0 Å². The fraction of sp³-hybridized carbons (Fsp3) is 0.273. The van der Waals surface area contributed by atoms with Crippen LogP contribution < -0.4 is 5.73 Å². The van der Waals surface area contributed by atoms with Crippen molar-refractivity contribution in [2.24, 2.45) is 5.73 Å². The van der Waals surface area contributed by atoms with Gasteiger partial charge in [0.1, 0.15) is 12.4 Å². The van der Waals surface area contributed by atoms with Crippen molar-refractivity contribution in [3.8, 4) is 5.95 Å². The number of primary amides is 1. The average Bonchev–Trinajstić information content (AvgIpc) is 2.91. The molecule has 8 nitrogen and oxygen atoms in total. The summed E-state index contributed by atoms with van der Waals surface area (Å²) in [6, 6.07) is 0. The highest BCUT2D eigenvalue weighted by Gasteiger charge is 2.21. The molecule has 0 saturated carbocycles. The van der Waals surface area contributed by atoms with Gasteiger partial charge in [-0.3, -0.25) is 9.36 Å². The summed E-state index contributed by atoms with van der Waals surface area (Å²) in [4.78, 5) is 22.6. The van der Waals surface area contributed by atoms with Crippen molar-refractivity contribution in [2.45, 2.75) is 18.6 Å². The van der Waals surface area contributed by atoms with E-state index in [1.165, 1.54) is 18.7 Å². The summed E-state index contributed by atoms with van der Waals surface area (Å²) in [7, 11) is 0. The highest BCUT2D eigenvalue weighted by Crippen LogP contribution is 2.17. The molecule has 2 atom stereocenters. The first-order chi connectivity index (χ1) is 9.08. The Bertz CT molecular complexity index is 540. The zero-order valence-corrected chi connectivity index (χ0v) is 9.92. The van der Waals surface area contributed by atoms with E-state index in [2.05, 4.69) is 15.0 Å². The number of rotatable bonds is 5. The summed E-state index contributed by atoms with van der Waals surface area (Å²) < 4.78 is 1.59. The van der Waals surface area contributed by atoms with Crippen molar-refractivity contribution >= 4 is 5.91 Å². The first kappa shape index (κ1) is 13.1. The molecule has 0 fully saturated rings. The zero-order valence-electron chi connectivity index (χ0n) is 9.92. The van der Waals surface area contributed by atoms with Gasteiger partial charge in [0.2, 0.25) is 11.9 Å². The summed E-state index contributed by atoms with van der Waals surface area (Å²) in [5.74, 6) is -0.305. The van der Waals surface area contributed by atoms with E-state index in [0.29, 0.717) is 11.5 Å². The first-order valence-corrected chi connectivity index (χ1v) is 5.52. The Kier molecular flexibility index (Phi) is 3.83. The maximum Gasteiger partial charge on any atom is 0.234 e. The van der Waals surface area contributed by atoms with Crippen LogP contribution in [0.1, 0.15) is 18.1 Å². The zero-order chi connectivity index (χ0) is 13.8. The van der Waals surface area contributed by atoms with Gasteiger partial charge in [-0.15, -0.1) is 0 Å². The predicted molar refractivity (Wildman–Crippen MR) is 63.9 cm³/mol. The molecule has 2 heterocycles. The third-order valence-electron chi connectivity index (χ3n) is 2.51. The lowest BCUT2D eigenvalue weighted by atomic mass is 10.1. The van der Waals surface area contributed by atoms with Gasteiger partial charge in [-0.25, -0.2) is 15.0 Å². The Hall–Kier alpha value is -2.32. The quantitative estimate of drug-likeness (QED) is 0.630. The van der Waals surface area contributed by atoms with E-state index in [9.17, 15) is 15.0 Å². The van der Waals surface area contributed by atoms with Gasteiger partial charge < -0.3 is 15.9 Å². The number of amides is 1. The van der Waals surface area contributed by atoms with Crippen LogP contribution >= 0.6 is 0 Å². The van der Waals surface area contributed by atoms with Crippen molar-refractivity contribution in [2.75, 3.05) is 0 Å². The number of aromatic nitrogens is 4. The Morgan fingerprint density at radius 1 is 1.37 bits per heavy atom. The second-order valence-electron chi connectivity index (χ2n) is 3.97. The summed E-state index contributed by atoms with van der Waals surface area (Å²) >= 11 is 0. The summed E-state index contributed by atoms with van der Waals surface area (Å²) in [5.41, 5.74) is 5.25. The lowest BCUT2D eigenvalue weighted by Gasteiger charge is -2.16. The van der Waals surface area contributed by atoms with Crippen LogP contribution in [0.2, 0.25) is 0 Å². The Morgan fingerprint density at radius 2 is 2.05 bits per heavy atom. The van der Waals surface area contributed by atoms with Crippen LogP contribution in [0.5, 0.6) is 0 Å². The second kappa shape index (κ2) is 5.55. The molecule has 1 amide bonds. The monoisotopic (exact) mass is 263 g/mol. The molecule has 0 radical (unpaired) electrons. The second-order valence-corrected chi connectivity index (χ2v) is 3.97. The molecular weight excluding hydrogens is 250 g/mol. The maximum absolute atomic E-state index is 10.7. The molecule has 0 bridgehead atoms. The van der Waals surface area contributed by atoms with Crippen LogP contribution in [0.25, 0.3) is 5.95 Å². The van der Waals surface area contributed by atoms with Gasteiger partial charge in [-0.2, -0.15) is 0 Å². The minimum Gasteiger partial charge on any atom is -0.390 e. The fourth-order valence-corrected chi connectivity index (χ4v) is 1.53. The molecule has 0 aliphatic rings. The molecule has 2 rings (SSSR count). The number of aliphatic hydroxyl groups excluding tert-OH is 2. The number of hydrogen-bond acceptors (Lipinski definition) is 6. The number of carbonyl (C=O) groups is 1. The van der Waals surface area contributed by atoms with E-state index < -0.39 is 18.1 Å². The van der Waals surface area contributed by atoms with Crippen molar-refractivity contribution in [1.82, 2.24) is 19.5 Å². The van der Waals surface area contributed by atoms with Crippen molar-refractivity contribution in [3.05, 3.63) is 36.7 Å². The number of imidazole rings is 1. The normalized spacial score (nSPS) is 14.0. The predicted octanol–water partition coefficient (Wildman–Crippen LogP) is -1.07. The van der Waals surface area contributed by atoms with Crippen molar-refractivity contribution < 1.29 is 15.0 Å². The van der Waals surface area contributed by atoms with E-state index >= 15 is 0 Å². The standard InChI is InChI=1S/C11H13N5O3/c12-9(18)3-8(17)10(19)7-4-14-11(15-5-7)16-2-1-13-6-16/h1-2,4-6,8,10,17,19H,3H2,(H2,12,18). The number of aliphatic hydroxyl groups is 2. The molecule has 0 aliphatic carbocycles. The maximum atomic E-state index is 10.7. The van der Waals surface area contributed by atoms with Crippen LogP contribution in [0, 0.1) is 0 Å². The summed E-state index contributed by atoms with van der Waals surface area (Å²) in [6.45, 7) is 0. The molecule has 19 heavy (non-hydrogen) atoms. The smallest absolute Gasteiger partial charge is 0.234 e. The molecule has 4 N–H and O–H groups in total. The van der Waals surface area contributed by atoms with Crippen LogP contribution in [0.3, 0.4) is 0 Å². The van der Waals surface area contributed by atoms with Crippen molar-refractivity contribution in [1.29, 1.82) is 0 Å². The van der Waals surface area contributed by atoms with Gasteiger partial charge >= 0.3 is 0 Å². The number of hydrogen-bond donors (Lipinski definition) is 3. The van der Waals surface area contributed by atoms with Gasteiger partial charge in [0, 0.05) is 30.4 Å². The van der Waals surface area contributed by atoms with Crippen LogP contribution in [-0.2, 0) is 4.79 Å².